The van der Waals surface area contributed by atoms with Crippen molar-refractivity contribution in [1.29, 1.82) is 0 Å². The van der Waals surface area contributed by atoms with Crippen LogP contribution in [0, 0.1) is 0 Å². The zero-order chi connectivity index (χ0) is 20.6. The van der Waals surface area contributed by atoms with E-state index in [0.717, 1.165) is 29.4 Å². The molecule has 0 bridgehead atoms. The van der Waals surface area contributed by atoms with Gasteiger partial charge in [-0.05, 0) is 54.9 Å². The molecule has 0 amide bonds. The summed E-state index contributed by atoms with van der Waals surface area (Å²) in [5, 5.41) is 14.2. The molecule has 0 spiro atoms. The van der Waals surface area contributed by atoms with Gasteiger partial charge in [-0.1, -0.05) is 6.07 Å². The average molecular weight is 398 g/mol. The maximum atomic E-state index is 11.3. The van der Waals surface area contributed by atoms with E-state index in [0.29, 0.717) is 23.8 Å². The summed E-state index contributed by atoms with van der Waals surface area (Å²) in [6.45, 7) is 1.32. The van der Waals surface area contributed by atoms with Gasteiger partial charge in [0.1, 0.15) is 18.5 Å². The molecule has 3 N–H and O–H groups in total. The second kappa shape index (κ2) is 9.95. The van der Waals surface area contributed by atoms with Crippen LogP contribution in [0.4, 0.5) is 0 Å². The Bertz CT molecular complexity index is 1000. The van der Waals surface area contributed by atoms with Crippen molar-refractivity contribution in [3.05, 3.63) is 64.4 Å². The molecule has 1 atom stereocenters. The molecule has 1 heterocycles. The van der Waals surface area contributed by atoms with Crippen molar-refractivity contribution in [2.75, 3.05) is 33.9 Å². The molecular weight excluding hydrogens is 372 g/mol. The third-order valence-corrected chi connectivity index (χ3v) is 4.56. The van der Waals surface area contributed by atoms with Gasteiger partial charge in [-0.2, -0.15) is 0 Å². The van der Waals surface area contributed by atoms with Crippen LogP contribution >= 0.6 is 0 Å². The smallest absolute Gasteiger partial charge is 0.248 e. The minimum Gasteiger partial charge on any atom is -0.493 e. The molecule has 0 radical (unpaired) electrons. The molecule has 0 saturated carbocycles. The average Bonchev–Trinajstić information content (AvgIpc) is 2.75. The number of aliphatic hydroxyl groups excluding tert-OH is 1. The number of aliphatic hydroxyl groups is 1. The minimum absolute atomic E-state index is 0.138. The first-order valence-electron chi connectivity index (χ1n) is 9.44. The summed E-state index contributed by atoms with van der Waals surface area (Å²) in [5.41, 5.74) is 1.73. The van der Waals surface area contributed by atoms with E-state index in [9.17, 15) is 9.90 Å². The van der Waals surface area contributed by atoms with Crippen molar-refractivity contribution < 1.29 is 19.3 Å². The number of fused-ring (bicyclic) bond motifs is 1. The van der Waals surface area contributed by atoms with Crippen LogP contribution in [0.3, 0.4) is 0 Å². The van der Waals surface area contributed by atoms with Gasteiger partial charge < -0.3 is 29.6 Å². The first kappa shape index (κ1) is 20.7. The van der Waals surface area contributed by atoms with E-state index in [1.54, 1.807) is 32.4 Å². The number of aromatic amines is 1. The second-order valence-corrected chi connectivity index (χ2v) is 6.68. The van der Waals surface area contributed by atoms with Gasteiger partial charge >= 0.3 is 0 Å². The van der Waals surface area contributed by atoms with Crippen LogP contribution in [-0.4, -0.2) is 50.1 Å². The highest BCUT2D eigenvalue weighted by Gasteiger charge is 2.07. The number of ether oxygens (including phenoxy) is 3. The maximum absolute atomic E-state index is 11.3. The van der Waals surface area contributed by atoms with Crippen molar-refractivity contribution in [2.24, 2.45) is 0 Å². The van der Waals surface area contributed by atoms with Gasteiger partial charge in [-0.3, -0.25) is 4.79 Å². The van der Waals surface area contributed by atoms with Gasteiger partial charge in [0.05, 0.1) is 14.2 Å². The van der Waals surface area contributed by atoms with Crippen LogP contribution in [0.5, 0.6) is 17.2 Å². The van der Waals surface area contributed by atoms with E-state index in [1.807, 2.05) is 24.3 Å². The van der Waals surface area contributed by atoms with E-state index in [-0.39, 0.29) is 12.2 Å². The van der Waals surface area contributed by atoms with Gasteiger partial charge in [-0.15, -0.1) is 0 Å². The second-order valence-electron chi connectivity index (χ2n) is 6.68. The van der Waals surface area contributed by atoms with Gasteiger partial charge in [-0.25, -0.2) is 0 Å². The molecule has 3 rings (SSSR count). The highest BCUT2D eigenvalue weighted by molar-refractivity contribution is 5.79. The number of rotatable bonds is 10. The third kappa shape index (κ3) is 5.73. The van der Waals surface area contributed by atoms with E-state index >= 15 is 0 Å². The summed E-state index contributed by atoms with van der Waals surface area (Å²) in [5.74, 6) is 2.06. The fourth-order valence-corrected chi connectivity index (χ4v) is 3.01. The lowest BCUT2D eigenvalue weighted by molar-refractivity contribution is 0.107. The van der Waals surface area contributed by atoms with Crippen LogP contribution in [-0.2, 0) is 6.42 Å². The molecule has 29 heavy (non-hydrogen) atoms. The van der Waals surface area contributed by atoms with Crippen LogP contribution in [0.15, 0.2) is 53.3 Å². The zero-order valence-corrected chi connectivity index (χ0v) is 16.6. The Hall–Kier alpha value is -3.03. The molecule has 1 aromatic heterocycles. The maximum Gasteiger partial charge on any atom is 0.248 e. The number of aromatic nitrogens is 1. The summed E-state index contributed by atoms with van der Waals surface area (Å²) in [7, 11) is 3.23. The number of hydrogen-bond donors (Lipinski definition) is 3. The van der Waals surface area contributed by atoms with Crippen LogP contribution in [0.1, 0.15) is 5.56 Å². The lowest BCUT2D eigenvalue weighted by atomic mass is 10.1. The Labute approximate surface area is 169 Å². The van der Waals surface area contributed by atoms with Crippen molar-refractivity contribution in [1.82, 2.24) is 10.3 Å². The van der Waals surface area contributed by atoms with Gasteiger partial charge in [0, 0.05) is 23.5 Å². The van der Waals surface area contributed by atoms with E-state index in [1.165, 1.54) is 6.07 Å². The third-order valence-electron chi connectivity index (χ3n) is 4.56. The molecule has 1 unspecified atom stereocenters. The van der Waals surface area contributed by atoms with Crippen LogP contribution in [0.25, 0.3) is 10.9 Å². The Morgan fingerprint density at radius 1 is 1.03 bits per heavy atom. The molecule has 0 aliphatic carbocycles. The topological polar surface area (TPSA) is 92.8 Å². The minimum atomic E-state index is -0.633. The van der Waals surface area contributed by atoms with Crippen LogP contribution < -0.4 is 25.1 Å². The van der Waals surface area contributed by atoms with Gasteiger partial charge in [0.15, 0.2) is 11.5 Å². The Morgan fingerprint density at radius 3 is 2.66 bits per heavy atom. The normalized spacial score (nSPS) is 12.0. The summed E-state index contributed by atoms with van der Waals surface area (Å²) >= 11 is 0. The number of benzene rings is 2. The SMILES string of the molecule is COc1ccc(CCNCC(O)COc2ccc3[nH]c(=O)ccc3c2)cc1OC. The van der Waals surface area contributed by atoms with Crippen LogP contribution in [0.2, 0.25) is 0 Å². The summed E-state index contributed by atoms with van der Waals surface area (Å²) < 4.78 is 16.2. The summed E-state index contributed by atoms with van der Waals surface area (Å²) in [6, 6.07) is 14.5. The molecule has 0 saturated heterocycles. The molecule has 2 aromatic carbocycles. The molecule has 0 aliphatic rings. The number of nitrogens with one attached hydrogen (secondary N) is 2. The largest absolute Gasteiger partial charge is 0.493 e. The molecular formula is C22H26N2O5. The lowest BCUT2D eigenvalue weighted by Crippen LogP contribution is -2.32. The molecule has 3 aromatic rings. The summed E-state index contributed by atoms with van der Waals surface area (Å²) in [6.07, 6.45) is 0.170. The van der Waals surface area contributed by atoms with Crippen molar-refractivity contribution in [3.63, 3.8) is 0 Å². The zero-order valence-electron chi connectivity index (χ0n) is 16.6. The van der Waals surface area contributed by atoms with Crippen molar-refractivity contribution in [3.8, 4) is 17.2 Å². The first-order chi connectivity index (χ1) is 14.1. The van der Waals surface area contributed by atoms with Crippen molar-refractivity contribution in [2.45, 2.75) is 12.5 Å². The molecule has 0 fully saturated rings. The van der Waals surface area contributed by atoms with E-state index in [4.69, 9.17) is 14.2 Å². The fourth-order valence-electron chi connectivity index (χ4n) is 3.01. The highest BCUT2D eigenvalue weighted by Crippen LogP contribution is 2.27. The number of hydrogen-bond acceptors (Lipinski definition) is 6. The Balaban J connectivity index is 1.41. The Morgan fingerprint density at radius 2 is 1.86 bits per heavy atom. The molecule has 7 nitrogen and oxygen atoms in total. The standard InChI is InChI=1S/C22H26N2O5/c1-27-20-7-3-15(11-21(20)28-2)9-10-23-13-17(25)14-29-18-5-6-19-16(12-18)4-8-22(26)24-19/h3-8,11-12,17,23,25H,9-10,13-14H2,1-2H3,(H,24,26). The summed E-state index contributed by atoms with van der Waals surface area (Å²) in [4.78, 5) is 14.1. The number of H-pyrrole nitrogens is 1. The lowest BCUT2D eigenvalue weighted by Gasteiger charge is -2.14. The number of pyridine rings is 1. The highest BCUT2D eigenvalue weighted by atomic mass is 16.5. The molecule has 7 heteroatoms. The molecule has 0 aliphatic heterocycles. The quantitative estimate of drug-likeness (QED) is 0.453. The number of methoxy groups -OCH3 is 2. The first-order valence-corrected chi connectivity index (χ1v) is 9.44. The van der Waals surface area contributed by atoms with E-state index in [2.05, 4.69) is 10.3 Å². The molecule has 154 valence electrons. The van der Waals surface area contributed by atoms with Crippen molar-refractivity contribution >= 4 is 10.9 Å². The van der Waals surface area contributed by atoms with Gasteiger partial charge in [0.25, 0.3) is 0 Å². The van der Waals surface area contributed by atoms with Gasteiger partial charge in [0.2, 0.25) is 5.56 Å². The monoisotopic (exact) mass is 398 g/mol. The Kier molecular flexibility index (Phi) is 7.10. The predicted octanol–water partition coefficient (Wildman–Crippen LogP) is 2.12. The van der Waals surface area contributed by atoms with E-state index < -0.39 is 6.10 Å². The predicted molar refractivity (Wildman–Crippen MR) is 112 cm³/mol. The fraction of sp³-hybridized carbons (Fsp3) is 0.318.